The summed E-state index contributed by atoms with van der Waals surface area (Å²) in [4.78, 5) is 37.7. The average molecular weight is 765 g/mol. The van der Waals surface area contributed by atoms with E-state index in [1.807, 2.05) is 0 Å². The van der Waals surface area contributed by atoms with Crippen molar-refractivity contribution in [2.75, 3.05) is 13.2 Å². The van der Waals surface area contributed by atoms with Gasteiger partial charge in [0.25, 0.3) is 0 Å². The third kappa shape index (κ3) is 41.6. The second-order valence-corrected chi connectivity index (χ2v) is 16.9. The highest BCUT2D eigenvalue weighted by Crippen LogP contribution is 2.16. The molecule has 0 aromatic rings. The van der Waals surface area contributed by atoms with Gasteiger partial charge in [-0.3, -0.25) is 14.4 Å². The van der Waals surface area contributed by atoms with Crippen LogP contribution in [0.4, 0.5) is 0 Å². The van der Waals surface area contributed by atoms with Gasteiger partial charge in [-0.15, -0.1) is 0 Å². The first kappa shape index (κ1) is 52.4. The molecule has 6 heteroatoms. The minimum atomic E-state index is -0.760. The smallest absolute Gasteiger partial charge is 0.306 e. The van der Waals surface area contributed by atoms with Crippen molar-refractivity contribution in [3.63, 3.8) is 0 Å². The molecule has 6 nitrogen and oxygen atoms in total. The van der Waals surface area contributed by atoms with E-state index in [0.29, 0.717) is 19.3 Å². The Morgan fingerprint density at radius 1 is 0.352 bits per heavy atom. The van der Waals surface area contributed by atoms with E-state index in [1.165, 1.54) is 161 Å². The van der Waals surface area contributed by atoms with Gasteiger partial charge >= 0.3 is 17.9 Å². The Kier molecular flexibility index (Phi) is 41.3. The summed E-state index contributed by atoms with van der Waals surface area (Å²) < 4.78 is 16.7. The molecule has 0 aliphatic carbocycles. The van der Waals surface area contributed by atoms with Crippen molar-refractivity contribution in [1.82, 2.24) is 0 Å². The van der Waals surface area contributed by atoms with E-state index in [9.17, 15) is 14.4 Å². The zero-order valence-electron chi connectivity index (χ0n) is 36.7. The van der Waals surface area contributed by atoms with Crippen LogP contribution in [-0.4, -0.2) is 37.2 Å². The van der Waals surface area contributed by atoms with Gasteiger partial charge in [0.05, 0.1) is 0 Å². The molecule has 0 amide bonds. The summed E-state index contributed by atoms with van der Waals surface area (Å²) in [7, 11) is 0. The maximum Gasteiger partial charge on any atom is 0.306 e. The largest absolute Gasteiger partial charge is 0.462 e. The van der Waals surface area contributed by atoms with E-state index in [2.05, 4.69) is 27.7 Å². The first-order valence-electron chi connectivity index (χ1n) is 23.9. The highest BCUT2D eigenvalue weighted by atomic mass is 16.6. The second kappa shape index (κ2) is 42.6. The predicted molar refractivity (Wildman–Crippen MR) is 229 cm³/mol. The van der Waals surface area contributed by atoms with Crippen LogP contribution in [0.5, 0.6) is 0 Å². The molecule has 320 valence electrons. The quantitative estimate of drug-likeness (QED) is 0.0349. The molecule has 0 aromatic carbocycles. The molecule has 0 unspecified atom stereocenters. The standard InChI is InChI=1S/C48H92O6/c1-5-7-9-11-13-15-17-18-19-20-21-22-23-25-27-32-36-40-47(50)53-43-45(54-48(51)41-37-33-29-28-30-34-38-44(3)4)42-52-46(49)39-35-31-26-24-16-14-12-10-8-6-2/h44-45H,5-43H2,1-4H3/t45-/m1/s1. The van der Waals surface area contributed by atoms with Crippen LogP contribution in [0.3, 0.4) is 0 Å². The SMILES string of the molecule is CCCCCCCCCCCCCCCCCCCC(=O)OC[C@@H](COC(=O)CCCCCCCCCCCC)OC(=O)CCCCCCCCC(C)C. The molecule has 0 bridgehead atoms. The van der Waals surface area contributed by atoms with Crippen molar-refractivity contribution in [2.24, 2.45) is 5.92 Å². The van der Waals surface area contributed by atoms with Crippen molar-refractivity contribution >= 4 is 17.9 Å². The molecular weight excluding hydrogens is 673 g/mol. The Labute approximate surface area is 336 Å². The fourth-order valence-corrected chi connectivity index (χ4v) is 7.16. The van der Waals surface area contributed by atoms with Gasteiger partial charge in [0, 0.05) is 19.3 Å². The highest BCUT2D eigenvalue weighted by Gasteiger charge is 2.19. The van der Waals surface area contributed by atoms with Gasteiger partial charge in [-0.1, -0.05) is 227 Å². The molecule has 1 atom stereocenters. The number of hydrogen-bond donors (Lipinski definition) is 0. The van der Waals surface area contributed by atoms with Crippen molar-refractivity contribution in [3.8, 4) is 0 Å². The summed E-state index contributed by atoms with van der Waals surface area (Å²) >= 11 is 0. The molecule has 0 saturated heterocycles. The molecule has 0 spiro atoms. The molecule has 0 aliphatic rings. The Hall–Kier alpha value is -1.59. The highest BCUT2D eigenvalue weighted by molar-refractivity contribution is 5.71. The third-order valence-corrected chi connectivity index (χ3v) is 10.8. The molecule has 54 heavy (non-hydrogen) atoms. The molecule has 0 aromatic heterocycles. The van der Waals surface area contributed by atoms with Gasteiger partial charge in [-0.25, -0.2) is 0 Å². The average Bonchev–Trinajstić information content (AvgIpc) is 3.15. The molecule has 0 rings (SSSR count). The maximum absolute atomic E-state index is 12.7. The maximum atomic E-state index is 12.7. The molecular formula is C48H92O6. The molecule has 0 fully saturated rings. The van der Waals surface area contributed by atoms with Crippen molar-refractivity contribution in [3.05, 3.63) is 0 Å². The summed E-state index contributed by atoms with van der Waals surface area (Å²) in [5, 5.41) is 0. The van der Waals surface area contributed by atoms with E-state index in [0.717, 1.165) is 63.7 Å². The van der Waals surface area contributed by atoms with Gasteiger partial charge in [-0.05, 0) is 25.2 Å². The lowest BCUT2D eigenvalue weighted by Crippen LogP contribution is -2.30. The number of esters is 3. The lowest BCUT2D eigenvalue weighted by molar-refractivity contribution is -0.167. The topological polar surface area (TPSA) is 78.9 Å². The van der Waals surface area contributed by atoms with Crippen LogP contribution in [0.25, 0.3) is 0 Å². The first-order chi connectivity index (χ1) is 26.4. The third-order valence-electron chi connectivity index (χ3n) is 10.8. The number of unbranched alkanes of at least 4 members (excludes halogenated alkanes) is 30. The van der Waals surface area contributed by atoms with Gasteiger partial charge in [0.2, 0.25) is 0 Å². The summed E-state index contributed by atoms with van der Waals surface area (Å²) in [5.74, 6) is -0.0986. The Bertz CT molecular complexity index is 811. The Balaban J connectivity index is 4.23. The van der Waals surface area contributed by atoms with Crippen LogP contribution in [0, 0.1) is 5.92 Å². The number of rotatable bonds is 43. The van der Waals surface area contributed by atoms with E-state index >= 15 is 0 Å². The number of carbonyl (C=O) groups is 3. The van der Waals surface area contributed by atoms with Crippen molar-refractivity contribution < 1.29 is 28.6 Å². The molecule has 0 radical (unpaired) electrons. The van der Waals surface area contributed by atoms with Gasteiger partial charge < -0.3 is 14.2 Å². The van der Waals surface area contributed by atoms with Crippen LogP contribution in [0.15, 0.2) is 0 Å². The van der Waals surface area contributed by atoms with Crippen molar-refractivity contribution in [2.45, 2.75) is 271 Å². The lowest BCUT2D eigenvalue weighted by Gasteiger charge is -2.18. The number of ether oxygens (including phenoxy) is 3. The first-order valence-corrected chi connectivity index (χ1v) is 23.9. The molecule has 0 aliphatic heterocycles. The zero-order valence-corrected chi connectivity index (χ0v) is 36.7. The van der Waals surface area contributed by atoms with Crippen LogP contribution in [0.1, 0.15) is 265 Å². The van der Waals surface area contributed by atoms with E-state index in [1.54, 1.807) is 0 Å². The second-order valence-electron chi connectivity index (χ2n) is 16.9. The molecule has 0 N–H and O–H groups in total. The van der Waals surface area contributed by atoms with Gasteiger partial charge in [-0.2, -0.15) is 0 Å². The fraction of sp³-hybridized carbons (Fsp3) is 0.938. The number of carbonyl (C=O) groups excluding carboxylic acids is 3. The minimum Gasteiger partial charge on any atom is -0.462 e. The summed E-state index contributed by atoms with van der Waals surface area (Å²) in [5.41, 5.74) is 0. The van der Waals surface area contributed by atoms with Crippen LogP contribution < -0.4 is 0 Å². The Morgan fingerprint density at radius 3 is 0.907 bits per heavy atom. The zero-order chi connectivity index (χ0) is 39.6. The summed E-state index contributed by atoms with van der Waals surface area (Å²) in [6.45, 7) is 8.93. The summed E-state index contributed by atoms with van der Waals surface area (Å²) in [6, 6.07) is 0. The summed E-state index contributed by atoms with van der Waals surface area (Å²) in [6.07, 6.45) is 42.5. The van der Waals surface area contributed by atoms with Gasteiger partial charge in [0.1, 0.15) is 13.2 Å². The van der Waals surface area contributed by atoms with Crippen LogP contribution in [0.2, 0.25) is 0 Å². The monoisotopic (exact) mass is 765 g/mol. The van der Waals surface area contributed by atoms with Crippen LogP contribution >= 0.6 is 0 Å². The van der Waals surface area contributed by atoms with E-state index in [4.69, 9.17) is 14.2 Å². The Morgan fingerprint density at radius 2 is 0.611 bits per heavy atom. The molecule has 0 saturated carbocycles. The fourth-order valence-electron chi connectivity index (χ4n) is 7.16. The number of hydrogen-bond acceptors (Lipinski definition) is 6. The van der Waals surface area contributed by atoms with Crippen LogP contribution in [-0.2, 0) is 28.6 Å². The normalized spacial score (nSPS) is 11.9. The molecule has 0 heterocycles. The van der Waals surface area contributed by atoms with Crippen molar-refractivity contribution in [1.29, 1.82) is 0 Å². The van der Waals surface area contributed by atoms with E-state index in [-0.39, 0.29) is 31.1 Å². The van der Waals surface area contributed by atoms with Gasteiger partial charge in [0.15, 0.2) is 6.10 Å². The minimum absolute atomic E-state index is 0.0646. The van der Waals surface area contributed by atoms with E-state index < -0.39 is 6.10 Å². The lowest BCUT2D eigenvalue weighted by atomic mass is 10.0. The predicted octanol–water partition coefficient (Wildman–Crippen LogP) is 15.1.